The van der Waals surface area contributed by atoms with Crippen LogP contribution in [0.2, 0.25) is 0 Å². The van der Waals surface area contributed by atoms with Crippen LogP contribution in [0.1, 0.15) is 126 Å². The molecule has 0 spiro atoms. The van der Waals surface area contributed by atoms with Crippen LogP contribution in [-0.4, -0.2) is 20.9 Å². The zero-order valence-electron chi connectivity index (χ0n) is 36.6. The summed E-state index contributed by atoms with van der Waals surface area (Å²) in [4.78, 5) is 30.4. The molecule has 0 aliphatic carbocycles. The molecule has 0 saturated carbocycles. The van der Waals surface area contributed by atoms with Crippen LogP contribution < -0.4 is 4.90 Å². The van der Waals surface area contributed by atoms with Gasteiger partial charge in [0.25, 0.3) is 11.8 Å². The van der Waals surface area contributed by atoms with Gasteiger partial charge >= 0.3 is 0 Å². The quantitative estimate of drug-likeness (QED) is 0.168. The van der Waals surface area contributed by atoms with E-state index in [0.29, 0.717) is 16.8 Å². The molecule has 1 aliphatic heterocycles. The molecule has 1 aliphatic rings. The number of amides is 2. The molecule has 0 unspecified atom stereocenters. The number of rotatable bonds is 3. The van der Waals surface area contributed by atoms with Crippen molar-refractivity contribution in [2.45, 2.75) is 105 Å². The average Bonchev–Trinajstić information content (AvgIpc) is 3.76. The van der Waals surface area contributed by atoms with Gasteiger partial charge in [-0.25, -0.2) is 4.90 Å². The maximum atomic E-state index is 14.5. The molecule has 59 heavy (non-hydrogen) atoms. The van der Waals surface area contributed by atoms with Crippen molar-refractivity contribution in [2.75, 3.05) is 4.90 Å². The van der Waals surface area contributed by atoms with E-state index in [-0.39, 0.29) is 33.5 Å². The second kappa shape index (κ2) is 12.8. The molecule has 0 atom stereocenters. The topological polar surface area (TPSA) is 47.2 Å². The zero-order chi connectivity index (χ0) is 42.1. The Balaban J connectivity index is 1.44. The smallest absolute Gasteiger partial charge is 0.266 e. The lowest BCUT2D eigenvalue weighted by molar-refractivity contribution is 0.0926. The number of fused-ring (bicyclic) bond motifs is 7. The van der Waals surface area contributed by atoms with Gasteiger partial charge in [0.15, 0.2) is 0 Å². The van der Waals surface area contributed by atoms with E-state index in [1.54, 1.807) is 0 Å². The van der Waals surface area contributed by atoms with Crippen LogP contribution in [0.4, 0.5) is 5.69 Å². The van der Waals surface area contributed by atoms with Gasteiger partial charge in [0.2, 0.25) is 0 Å². The zero-order valence-corrected chi connectivity index (χ0v) is 36.6. The fourth-order valence-electron chi connectivity index (χ4n) is 8.87. The summed E-state index contributed by atoms with van der Waals surface area (Å²) in [6, 6.07) is 40.5. The Hall–Kier alpha value is -5.94. The van der Waals surface area contributed by atoms with Crippen molar-refractivity contribution in [3.8, 4) is 11.4 Å². The van der Waals surface area contributed by atoms with Crippen LogP contribution in [0.15, 0.2) is 115 Å². The predicted octanol–water partition coefficient (Wildman–Crippen LogP) is 13.9. The molecule has 6 aromatic carbocycles. The Morgan fingerprint density at radius 1 is 0.356 bits per heavy atom. The number of anilines is 1. The number of nitrogens with zero attached hydrogens (tertiary/aromatic N) is 3. The van der Waals surface area contributed by atoms with Crippen LogP contribution >= 0.6 is 0 Å². The standard InChI is InChI=1S/C54H55N3O2/c1-51(2,3)32-18-22-43-37(26-32)38-27-33(52(4,5)6)19-23-44(38)56(43)47-30-41-42(50(59)55(49(41)58)36-16-14-13-15-17-36)31-48(47)57-45-24-20-34(53(7,8)9)28-39(45)40-29-35(54(10,11)12)21-25-46(40)57/h13-31H,1-12H3. The normalized spacial score (nSPS) is 14.1. The Labute approximate surface area is 348 Å². The summed E-state index contributed by atoms with van der Waals surface area (Å²) in [7, 11) is 0. The number of carbonyl (C=O) groups excluding carboxylic acids is 2. The summed E-state index contributed by atoms with van der Waals surface area (Å²) >= 11 is 0. The number of hydrogen-bond donors (Lipinski definition) is 0. The SMILES string of the molecule is CC(C)(C)c1ccc2c(c1)c1cc(C(C)(C)C)ccc1n2-c1cc2c(cc1-n1c3ccc(C(C)(C)C)cc3c3cc(C(C)(C)C)ccc31)C(=O)N(c1ccccc1)C2=O. The lowest BCUT2D eigenvalue weighted by Crippen LogP contribution is -2.29. The Kier molecular flexibility index (Phi) is 8.35. The highest BCUT2D eigenvalue weighted by atomic mass is 16.2. The molecule has 0 radical (unpaired) electrons. The lowest BCUT2D eigenvalue weighted by atomic mass is 9.85. The van der Waals surface area contributed by atoms with Crippen LogP contribution in [0.5, 0.6) is 0 Å². The highest BCUT2D eigenvalue weighted by Gasteiger charge is 2.39. The van der Waals surface area contributed by atoms with Gasteiger partial charge in [-0.1, -0.05) is 126 Å². The summed E-state index contributed by atoms with van der Waals surface area (Å²) in [5, 5.41) is 4.63. The number of benzene rings is 6. The summed E-state index contributed by atoms with van der Waals surface area (Å²) in [6.45, 7) is 27.1. The molecular weight excluding hydrogens is 723 g/mol. The first-order valence-corrected chi connectivity index (χ1v) is 20.9. The molecule has 2 aromatic heterocycles. The summed E-state index contributed by atoms with van der Waals surface area (Å²) < 4.78 is 4.65. The first-order valence-electron chi connectivity index (χ1n) is 20.9. The third kappa shape index (κ3) is 6.12. The fraction of sp³-hybridized carbons (Fsp3) is 0.296. The molecule has 5 heteroatoms. The molecular formula is C54H55N3O2. The lowest BCUT2D eigenvalue weighted by Gasteiger charge is -2.21. The number of carbonyl (C=O) groups is 2. The predicted molar refractivity (Wildman–Crippen MR) is 248 cm³/mol. The first-order chi connectivity index (χ1) is 27.6. The highest BCUT2D eigenvalue weighted by molar-refractivity contribution is 6.35. The maximum absolute atomic E-state index is 14.5. The van der Waals surface area contributed by atoms with Crippen LogP contribution in [-0.2, 0) is 21.7 Å². The highest BCUT2D eigenvalue weighted by Crippen LogP contribution is 2.44. The molecule has 0 fully saturated rings. The number of aromatic nitrogens is 2. The van der Waals surface area contributed by atoms with Crippen LogP contribution in [0.25, 0.3) is 55.0 Å². The number of imide groups is 1. The minimum Gasteiger partial charge on any atom is -0.307 e. The minimum atomic E-state index is -0.318. The van der Waals surface area contributed by atoms with E-state index in [9.17, 15) is 9.59 Å². The molecule has 0 N–H and O–H groups in total. The van der Waals surface area contributed by atoms with Gasteiger partial charge in [0.1, 0.15) is 0 Å². The third-order valence-electron chi connectivity index (χ3n) is 12.5. The van der Waals surface area contributed by atoms with E-state index in [4.69, 9.17) is 0 Å². The van der Waals surface area contributed by atoms with Crippen LogP contribution in [0.3, 0.4) is 0 Å². The van der Waals surface area contributed by atoms with Crippen molar-refractivity contribution in [3.05, 3.63) is 149 Å². The first kappa shape index (κ1) is 38.6. The number of para-hydroxylation sites is 1. The van der Waals surface area contributed by atoms with E-state index in [0.717, 1.165) is 55.0 Å². The van der Waals surface area contributed by atoms with Crippen molar-refractivity contribution < 1.29 is 9.59 Å². The second-order valence-corrected chi connectivity index (χ2v) is 20.8. The van der Waals surface area contributed by atoms with Gasteiger partial charge in [0.05, 0.1) is 50.3 Å². The van der Waals surface area contributed by atoms with Gasteiger partial charge in [-0.15, -0.1) is 0 Å². The second-order valence-electron chi connectivity index (χ2n) is 20.8. The van der Waals surface area contributed by atoms with Gasteiger partial charge < -0.3 is 9.13 Å². The van der Waals surface area contributed by atoms with Gasteiger partial charge in [-0.3, -0.25) is 9.59 Å². The monoisotopic (exact) mass is 777 g/mol. The summed E-state index contributed by atoms with van der Waals surface area (Å²) in [6.07, 6.45) is 0. The number of hydrogen-bond acceptors (Lipinski definition) is 2. The van der Waals surface area contributed by atoms with E-state index < -0.39 is 0 Å². The maximum Gasteiger partial charge on any atom is 0.266 e. The largest absolute Gasteiger partial charge is 0.307 e. The molecule has 8 aromatic rings. The van der Waals surface area contributed by atoms with Crippen molar-refractivity contribution in [1.82, 2.24) is 9.13 Å². The Morgan fingerprint density at radius 2 is 0.644 bits per heavy atom. The van der Waals surface area contributed by atoms with E-state index in [1.165, 1.54) is 27.2 Å². The third-order valence-corrected chi connectivity index (χ3v) is 12.5. The fourth-order valence-corrected chi connectivity index (χ4v) is 8.87. The molecule has 5 nitrogen and oxygen atoms in total. The van der Waals surface area contributed by atoms with Crippen molar-refractivity contribution in [2.24, 2.45) is 0 Å². The molecule has 298 valence electrons. The molecule has 0 saturated heterocycles. The average molecular weight is 778 g/mol. The molecule has 3 heterocycles. The van der Waals surface area contributed by atoms with Crippen molar-refractivity contribution in [1.29, 1.82) is 0 Å². The van der Waals surface area contributed by atoms with Gasteiger partial charge in [-0.2, -0.15) is 0 Å². The molecule has 0 bridgehead atoms. The van der Waals surface area contributed by atoms with Gasteiger partial charge in [0, 0.05) is 21.5 Å². The van der Waals surface area contributed by atoms with Gasteiger partial charge in [-0.05, 0) is 117 Å². The Bertz CT molecular complexity index is 2730. The van der Waals surface area contributed by atoms with E-state index >= 15 is 0 Å². The molecule has 2 amide bonds. The van der Waals surface area contributed by atoms with Crippen molar-refractivity contribution >= 4 is 61.1 Å². The summed E-state index contributed by atoms with van der Waals surface area (Å²) in [5.41, 5.74) is 12.0. The molecule has 9 rings (SSSR count). The Morgan fingerprint density at radius 3 is 0.915 bits per heavy atom. The van der Waals surface area contributed by atoms with E-state index in [2.05, 4.69) is 165 Å². The van der Waals surface area contributed by atoms with Crippen LogP contribution in [0, 0.1) is 0 Å². The minimum absolute atomic E-state index is 0.0581. The summed E-state index contributed by atoms with van der Waals surface area (Å²) in [5.74, 6) is -0.636. The van der Waals surface area contributed by atoms with Crippen molar-refractivity contribution in [3.63, 3.8) is 0 Å². The van der Waals surface area contributed by atoms with E-state index in [1.807, 2.05) is 42.5 Å².